The van der Waals surface area contributed by atoms with Crippen molar-refractivity contribution < 1.29 is 9.53 Å². The van der Waals surface area contributed by atoms with Gasteiger partial charge in [-0.2, -0.15) is 10.1 Å². The van der Waals surface area contributed by atoms with E-state index in [2.05, 4.69) is 20.2 Å². The molecule has 0 bridgehead atoms. The summed E-state index contributed by atoms with van der Waals surface area (Å²) in [5.74, 6) is -0.106. The molecule has 0 aliphatic heterocycles. The maximum absolute atomic E-state index is 11.2. The molecule has 6 nitrogen and oxygen atoms in total. The number of hydrogen-bond donors (Lipinski definition) is 1. The lowest BCUT2D eigenvalue weighted by Gasteiger charge is -2.02. The van der Waals surface area contributed by atoms with Gasteiger partial charge in [0.05, 0.1) is 23.9 Å². The number of nitrogens with zero attached hydrogens (tertiary/aromatic N) is 3. The summed E-state index contributed by atoms with van der Waals surface area (Å²) >= 11 is 7.00. The number of fused-ring (bicyclic) bond motifs is 1. The van der Waals surface area contributed by atoms with E-state index in [9.17, 15) is 4.79 Å². The number of esters is 1. The molecule has 2 aromatic heterocycles. The van der Waals surface area contributed by atoms with E-state index in [1.807, 2.05) is 0 Å². The van der Waals surface area contributed by atoms with Crippen molar-refractivity contribution in [3.05, 3.63) is 11.5 Å². The van der Waals surface area contributed by atoms with Crippen molar-refractivity contribution in [3.63, 3.8) is 0 Å². The molecule has 8 heteroatoms. The molecule has 0 atom stereocenters. The number of halogens is 1. The molecule has 1 N–H and O–H groups in total. The van der Waals surface area contributed by atoms with E-state index in [0.717, 1.165) is 5.39 Å². The van der Waals surface area contributed by atoms with Crippen LogP contribution in [0.25, 0.3) is 11.0 Å². The molecule has 2 rings (SSSR count). The fourth-order valence-corrected chi connectivity index (χ4v) is 2.24. The van der Waals surface area contributed by atoms with Gasteiger partial charge >= 0.3 is 5.97 Å². The second-order valence-electron chi connectivity index (χ2n) is 3.02. The second kappa shape index (κ2) is 5.33. The van der Waals surface area contributed by atoms with Gasteiger partial charge in [0.25, 0.3) is 0 Å². The Morgan fingerprint density at radius 3 is 3.18 bits per heavy atom. The average molecular weight is 273 g/mol. The Kier molecular flexibility index (Phi) is 3.80. The van der Waals surface area contributed by atoms with Gasteiger partial charge in [0.15, 0.2) is 5.65 Å². The fourth-order valence-electron chi connectivity index (χ4n) is 1.22. The average Bonchev–Trinajstić information content (AvgIpc) is 2.74. The fraction of sp³-hybridized carbons (Fsp3) is 0.333. The normalized spacial score (nSPS) is 10.7. The Morgan fingerprint density at radius 1 is 1.59 bits per heavy atom. The number of carbonyl (C=O) groups excluding carboxylic acids is 1. The number of rotatable bonds is 4. The predicted molar refractivity (Wildman–Crippen MR) is 64.1 cm³/mol. The Balaban J connectivity index is 2.17. The Morgan fingerprint density at radius 2 is 2.41 bits per heavy atom. The van der Waals surface area contributed by atoms with Gasteiger partial charge < -0.3 is 4.74 Å². The smallest absolute Gasteiger partial charge is 0.316 e. The van der Waals surface area contributed by atoms with Gasteiger partial charge in [-0.15, -0.1) is 0 Å². The summed E-state index contributed by atoms with van der Waals surface area (Å²) in [6.45, 7) is 2.13. The van der Waals surface area contributed by atoms with E-state index in [1.165, 1.54) is 11.8 Å². The third-order valence-corrected chi connectivity index (χ3v) is 3.01. The lowest BCUT2D eigenvalue weighted by Crippen LogP contribution is -2.06. The van der Waals surface area contributed by atoms with Crippen LogP contribution in [0.15, 0.2) is 11.2 Å². The van der Waals surface area contributed by atoms with E-state index in [0.29, 0.717) is 17.3 Å². The third-order valence-electron chi connectivity index (χ3n) is 1.88. The molecule has 0 aliphatic carbocycles. The molecule has 0 aromatic carbocycles. The van der Waals surface area contributed by atoms with Crippen molar-refractivity contribution in [1.82, 2.24) is 20.2 Å². The maximum atomic E-state index is 11.2. The van der Waals surface area contributed by atoms with Gasteiger partial charge in [-0.25, -0.2) is 4.98 Å². The summed E-state index contributed by atoms with van der Waals surface area (Å²) in [6, 6.07) is 0. The number of thioether (sulfide) groups is 1. The highest BCUT2D eigenvalue weighted by atomic mass is 35.5. The van der Waals surface area contributed by atoms with Crippen molar-refractivity contribution in [2.45, 2.75) is 11.9 Å². The zero-order chi connectivity index (χ0) is 12.3. The number of nitrogens with one attached hydrogen (secondary N) is 1. The van der Waals surface area contributed by atoms with Gasteiger partial charge in [-0.3, -0.25) is 9.89 Å². The van der Waals surface area contributed by atoms with Crippen LogP contribution in [0.2, 0.25) is 5.28 Å². The SMILES string of the molecule is CCOC(=O)CSc1nc(Cl)nc2[nH]ncc12. The molecule has 0 saturated carbocycles. The van der Waals surface area contributed by atoms with Crippen LogP contribution in [0.1, 0.15) is 6.92 Å². The number of aromatic amines is 1. The summed E-state index contributed by atoms with van der Waals surface area (Å²) in [6.07, 6.45) is 1.60. The first-order valence-electron chi connectivity index (χ1n) is 4.85. The van der Waals surface area contributed by atoms with Crippen LogP contribution in [0.5, 0.6) is 0 Å². The summed E-state index contributed by atoms with van der Waals surface area (Å²) in [4.78, 5) is 19.3. The van der Waals surface area contributed by atoms with Crippen molar-refractivity contribution in [2.75, 3.05) is 12.4 Å². The Hall–Kier alpha value is -1.34. The number of hydrogen-bond acceptors (Lipinski definition) is 6. The molecule has 0 unspecified atom stereocenters. The molecular weight excluding hydrogens is 264 g/mol. The van der Waals surface area contributed by atoms with Crippen LogP contribution < -0.4 is 0 Å². The Bertz CT molecular complexity index is 545. The molecule has 0 radical (unpaired) electrons. The van der Waals surface area contributed by atoms with Crippen LogP contribution in [0.3, 0.4) is 0 Å². The first-order valence-corrected chi connectivity index (χ1v) is 6.22. The lowest BCUT2D eigenvalue weighted by atomic mass is 10.4. The van der Waals surface area contributed by atoms with E-state index >= 15 is 0 Å². The minimum atomic E-state index is -0.288. The topological polar surface area (TPSA) is 80.8 Å². The molecule has 2 heterocycles. The largest absolute Gasteiger partial charge is 0.465 e. The van der Waals surface area contributed by atoms with Gasteiger partial charge in [-0.1, -0.05) is 11.8 Å². The van der Waals surface area contributed by atoms with Crippen molar-refractivity contribution in [3.8, 4) is 0 Å². The summed E-state index contributed by atoms with van der Waals surface area (Å²) < 4.78 is 4.83. The van der Waals surface area contributed by atoms with Gasteiger partial charge in [0.1, 0.15) is 5.03 Å². The minimum absolute atomic E-state index is 0.119. The highest BCUT2D eigenvalue weighted by molar-refractivity contribution is 8.00. The first-order chi connectivity index (χ1) is 8.20. The zero-order valence-corrected chi connectivity index (χ0v) is 10.5. The maximum Gasteiger partial charge on any atom is 0.316 e. The highest BCUT2D eigenvalue weighted by Crippen LogP contribution is 2.25. The number of aromatic nitrogens is 4. The summed E-state index contributed by atoms with van der Waals surface area (Å²) in [5, 5.41) is 8.02. The van der Waals surface area contributed by atoms with Crippen LogP contribution in [0, 0.1) is 0 Å². The van der Waals surface area contributed by atoms with Gasteiger partial charge in [0, 0.05) is 0 Å². The third kappa shape index (κ3) is 2.86. The molecule has 2 aromatic rings. The molecule has 90 valence electrons. The first kappa shape index (κ1) is 12.1. The quantitative estimate of drug-likeness (QED) is 0.395. The number of H-pyrrole nitrogens is 1. The predicted octanol–water partition coefficient (Wildman–Crippen LogP) is 1.66. The van der Waals surface area contributed by atoms with E-state index in [1.54, 1.807) is 13.1 Å². The Labute approximate surface area is 106 Å². The second-order valence-corrected chi connectivity index (χ2v) is 4.33. The highest BCUT2D eigenvalue weighted by Gasteiger charge is 2.11. The molecule has 17 heavy (non-hydrogen) atoms. The molecule has 0 spiro atoms. The molecule has 0 saturated heterocycles. The van der Waals surface area contributed by atoms with Crippen molar-refractivity contribution >= 4 is 40.4 Å². The minimum Gasteiger partial charge on any atom is -0.465 e. The standard InChI is InChI=1S/C9H9ClN4O2S/c1-2-16-6(15)4-17-8-5-3-11-14-7(5)12-9(10)13-8/h3H,2,4H2,1H3,(H,11,12,13,14). The van der Waals surface area contributed by atoms with Gasteiger partial charge in [0.2, 0.25) is 5.28 Å². The molecule has 0 amide bonds. The monoisotopic (exact) mass is 272 g/mol. The van der Waals surface area contributed by atoms with E-state index in [4.69, 9.17) is 16.3 Å². The number of carbonyl (C=O) groups is 1. The van der Waals surface area contributed by atoms with Crippen molar-refractivity contribution in [2.24, 2.45) is 0 Å². The van der Waals surface area contributed by atoms with E-state index < -0.39 is 0 Å². The van der Waals surface area contributed by atoms with Crippen LogP contribution >= 0.6 is 23.4 Å². The molecule has 0 fully saturated rings. The summed E-state index contributed by atoms with van der Waals surface area (Å²) in [5.41, 5.74) is 0.552. The molecule has 0 aliphatic rings. The van der Waals surface area contributed by atoms with Crippen LogP contribution in [-0.4, -0.2) is 38.5 Å². The number of ether oxygens (including phenoxy) is 1. The zero-order valence-electron chi connectivity index (χ0n) is 8.94. The summed E-state index contributed by atoms with van der Waals surface area (Å²) in [7, 11) is 0. The van der Waals surface area contributed by atoms with Gasteiger partial charge in [-0.05, 0) is 18.5 Å². The van der Waals surface area contributed by atoms with E-state index in [-0.39, 0.29) is 17.0 Å². The molecular formula is C9H9ClN4O2S. The lowest BCUT2D eigenvalue weighted by molar-refractivity contribution is -0.139. The van der Waals surface area contributed by atoms with Crippen LogP contribution in [-0.2, 0) is 9.53 Å². The van der Waals surface area contributed by atoms with Crippen molar-refractivity contribution in [1.29, 1.82) is 0 Å². The van der Waals surface area contributed by atoms with Crippen LogP contribution in [0.4, 0.5) is 0 Å².